The lowest BCUT2D eigenvalue weighted by molar-refractivity contribution is 0.387. The molecule has 0 amide bonds. The van der Waals surface area contributed by atoms with Gasteiger partial charge in [0.25, 0.3) is 0 Å². The summed E-state index contributed by atoms with van der Waals surface area (Å²) in [4.78, 5) is 0. The molecule has 3 heteroatoms. The van der Waals surface area contributed by atoms with Crippen LogP contribution in [0.3, 0.4) is 0 Å². The Labute approximate surface area is 91.6 Å². The van der Waals surface area contributed by atoms with E-state index >= 15 is 0 Å². The van der Waals surface area contributed by atoms with Crippen LogP contribution in [0.2, 0.25) is 0 Å². The fraction of sp³-hybridized carbons (Fsp3) is 0.818. The van der Waals surface area contributed by atoms with Gasteiger partial charge in [-0.25, -0.2) is 0 Å². The Morgan fingerprint density at radius 3 is 3.14 bits per heavy atom. The van der Waals surface area contributed by atoms with Gasteiger partial charge >= 0.3 is 0 Å². The first-order valence-electron chi connectivity index (χ1n) is 5.39. The van der Waals surface area contributed by atoms with E-state index in [0.29, 0.717) is 6.04 Å². The highest BCUT2D eigenvalue weighted by atomic mass is 32.2. The minimum Gasteiger partial charge on any atom is -0.314 e. The van der Waals surface area contributed by atoms with Crippen molar-refractivity contribution in [3.05, 3.63) is 0 Å². The molecule has 14 heavy (non-hydrogen) atoms. The van der Waals surface area contributed by atoms with Gasteiger partial charge in [-0.2, -0.15) is 0 Å². The van der Waals surface area contributed by atoms with E-state index in [0.717, 1.165) is 24.6 Å². The highest BCUT2D eigenvalue weighted by molar-refractivity contribution is 7.99. The smallest absolute Gasteiger partial charge is 0.0545 e. The van der Waals surface area contributed by atoms with Crippen molar-refractivity contribution in [2.24, 2.45) is 0 Å². The molecular weight excluding hydrogens is 192 g/mol. The molecule has 1 heterocycles. The van der Waals surface area contributed by atoms with E-state index in [1.807, 2.05) is 11.8 Å². The molecule has 0 radical (unpaired) electrons. The Morgan fingerprint density at radius 2 is 2.43 bits per heavy atom. The molecule has 0 spiro atoms. The fourth-order valence-corrected chi connectivity index (χ4v) is 2.20. The van der Waals surface area contributed by atoms with E-state index < -0.39 is 0 Å². The minimum atomic E-state index is 0.696. The van der Waals surface area contributed by atoms with Gasteiger partial charge in [0.05, 0.1) is 5.75 Å². The molecule has 1 aliphatic heterocycles. The standard InChI is InChI=1S/C11H20N2S/c1-2-8-14-9-7-12-10-11-5-3-4-6-13-11/h1,11-13H,3-10H2. The molecule has 2 nitrogen and oxygen atoms in total. The van der Waals surface area contributed by atoms with Gasteiger partial charge in [0.15, 0.2) is 0 Å². The maximum absolute atomic E-state index is 5.16. The maximum Gasteiger partial charge on any atom is 0.0545 e. The van der Waals surface area contributed by atoms with Crippen molar-refractivity contribution in [1.82, 2.24) is 10.6 Å². The van der Waals surface area contributed by atoms with Crippen molar-refractivity contribution in [1.29, 1.82) is 0 Å². The molecule has 2 N–H and O–H groups in total. The van der Waals surface area contributed by atoms with E-state index in [1.54, 1.807) is 0 Å². The van der Waals surface area contributed by atoms with Gasteiger partial charge < -0.3 is 10.6 Å². The lowest BCUT2D eigenvalue weighted by atomic mass is 10.1. The first-order valence-corrected chi connectivity index (χ1v) is 6.54. The molecule has 1 atom stereocenters. The second kappa shape index (κ2) is 8.16. The van der Waals surface area contributed by atoms with Crippen LogP contribution < -0.4 is 10.6 Å². The molecule has 0 saturated carbocycles. The SMILES string of the molecule is C#CCSCCNCC1CCCCN1. The Morgan fingerprint density at radius 1 is 1.50 bits per heavy atom. The molecule has 1 aliphatic rings. The summed E-state index contributed by atoms with van der Waals surface area (Å²) >= 11 is 1.82. The monoisotopic (exact) mass is 212 g/mol. The second-order valence-electron chi connectivity index (χ2n) is 3.61. The third kappa shape index (κ3) is 5.54. The Bertz CT molecular complexity index is 171. The van der Waals surface area contributed by atoms with Gasteiger partial charge in [0.1, 0.15) is 0 Å². The van der Waals surface area contributed by atoms with Gasteiger partial charge in [-0.15, -0.1) is 18.2 Å². The first kappa shape index (κ1) is 11.9. The van der Waals surface area contributed by atoms with Crippen LogP contribution in [0.4, 0.5) is 0 Å². The summed E-state index contributed by atoms with van der Waals surface area (Å²) in [5.41, 5.74) is 0. The Hall–Kier alpha value is -0.170. The summed E-state index contributed by atoms with van der Waals surface area (Å²) < 4.78 is 0. The third-order valence-corrected chi connectivity index (χ3v) is 3.28. The number of terminal acetylenes is 1. The fourth-order valence-electron chi connectivity index (χ4n) is 1.65. The van der Waals surface area contributed by atoms with Gasteiger partial charge in [-0.05, 0) is 19.4 Å². The van der Waals surface area contributed by atoms with Crippen LogP contribution in [0, 0.1) is 12.3 Å². The number of hydrogen-bond acceptors (Lipinski definition) is 3. The quantitative estimate of drug-likeness (QED) is 0.509. The zero-order valence-electron chi connectivity index (χ0n) is 8.72. The molecular formula is C11H20N2S. The summed E-state index contributed by atoms with van der Waals surface area (Å²) in [6.45, 7) is 3.37. The second-order valence-corrected chi connectivity index (χ2v) is 4.71. The Balaban J connectivity index is 1.85. The average Bonchev–Trinajstić information content (AvgIpc) is 2.25. The van der Waals surface area contributed by atoms with E-state index in [1.165, 1.54) is 25.8 Å². The maximum atomic E-state index is 5.16. The average molecular weight is 212 g/mol. The molecule has 80 valence electrons. The van der Waals surface area contributed by atoms with E-state index in [2.05, 4.69) is 16.6 Å². The van der Waals surface area contributed by atoms with E-state index in [9.17, 15) is 0 Å². The molecule has 1 fully saturated rings. The molecule has 1 rings (SSSR count). The topological polar surface area (TPSA) is 24.1 Å². The molecule has 0 aliphatic carbocycles. The Kier molecular flexibility index (Phi) is 6.94. The number of nitrogens with one attached hydrogen (secondary N) is 2. The van der Waals surface area contributed by atoms with Crippen LogP contribution in [-0.2, 0) is 0 Å². The van der Waals surface area contributed by atoms with Crippen molar-refractivity contribution in [2.45, 2.75) is 25.3 Å². The minimum absolute atomic E-state index is 0.696. The zero-order valence-corrected chi connectivity index (χ0v) is 9.54. The van der Waals surface area contributed by atoms with Crippen molar-refractivity contribution in [3.8, 4) is 12.3 Å². The van der Waals surface area contributed by atoms with Crippen LogP contribution >= 0.6 is 11.8 Å². The van der Waals surface area contributed by atoms with Gasteiger partial charge in [0, 0.05) is 24.9 Å². The molecule has 0 bridgehead atoms. The van der Waals surface area contributed by atoms with E-state index in [4.69, 9.17) is 6.42 Å². The number of thioether (sulfide) groups is 1. The number of rotatable bonds is 6. The predicted molar refractivity (Wildman–Crippen MR) is 64.7 cm³/mol. The predicted octanol–water partition coefficient (Wildman–Crippen LogP) is 1.08. The van der Waals surface area contributed by atoms with Gasteiger partial charge in [0.2, 0.25) is 0 Å². The first-order chi connectivity index (χ1) is 6.93. The summed E-state index contributed by atoms with van der Waals surface area (Å²) in [6, 6.07) is 0.696. The van der Waals surface area contributed by atoms with Crippen molar-refractivity contribution < 1.29 is 0 Å². The summed E-state index contributed by atoms with van der Waals surface area (Å²) in [7, 11) is 0. The lowest BCUT2D eigenvalue weighted by Gasteiger charge is -2.23. The van der Waals surface area contributed by atoms with Crippen molar-refractivity contribution in [3.63, 3.8) is 0 Å². The largest absolute Gasteiger partial charge is 0.314 e. The lowest BCUT2D eigenvalue weighted by Crippen LogP contribution is -2.42. The van der Waals surface area contributed by atoms with Crippen molar-refractivity contribution in [2.75, 3.05) is 31.1 Å². The summed E-state index contributed by atoms with van der Waals surface area (Å²) in [6.07, 6.45) is 9.20. The van der Waals surface area contributed by atoms with Crippen LogP contribution in [0.15, 0.2) is 0 Å². The number of hydrogen-bond donors (Lipinski definition) is 2. The zero-order chi connectivity index (χ0) is 10.1. The van der Waals surface area contributed by atoms with E-state index in [-0.39, 0.29) is 0 Å². The number of piperidine rings is 1. The summed E-state index contributed by atoms with van der Waals surface area (Å²) in [5.74, 6) is 4.59. The third-order valence-electron chi connectivity index (χ3n) is 2.41. The normalized spacial score (nSPS) is 21.8. The van der Waals surface area contributed by atoms with Crippen LogP contribution in [0.5, 0.6) is 0 Å². The molecule has 0 aromatic rings. The highest BCUT2D eigenvalue weighted by Gasteiger charge is 2.10. The molecule has 0 aromatic heterocycles. The van der Waals surface area contributed by atoms with Crippen LogP contribution in [0.1, 0.15) is 19.3 Å². The highest BCUT2D eigenvalue weighted by Crippen LogP contribution is 2.05. The molecule has 1 unspecified atom stereocenters. The summed E-state index contributed by atoms with van der Waals surface area (Å²) in [5, 5.41) is 6.98. The van der Waals surface area contributed by atoms with Gasteiger partial charge in [-0.1, -0.05) is 12.3 Å². The van der Waals surface area contributed by atoms with Crippen LogP contribution in [-0.4, -0.2) is 37.2 Å². The van der Waals surface area contributed by atoms with Crippen molar-refractivity contribution >= 4 is 11.8 Å². The van der Waals surface area contributed by atoms with Gasteiger partial charge in [-0.3, -0.25) is 0 Å². The molecule has 0 aromatic carbocycles. The van der Waals surface area contributed by atoms with Crippen LogP contribution in [0.25, 0.3) is 0 Å². The molecule has 1 saturated heterocycles.